The largest absolute Gasteiger partial charge is 0.513 e. The molecule has 0 N–H and O–H groups in total. The summed E-state index contributed by atoms with van der Waals surface area (Å²) in [6.45, 7) is 6.90. The Bertz CT molecular complexity index is 920. The van der Waals surface area contributed by atoms with E-state index in [2.05, 4.69) is 6.92 Å². The Morgan fingerprint density at radius 3 is 1.90 bits per heavy atom. The van der Waals surface area contributed by atoms with E-state index in [-0.39, 0.29) is 0 Å². The van der Waals surface area contributed by atoms with Crippen LogP contribution < -0.4 is 9.47 Å². The van der Waals surface area contributed by atoms with Gasteiger partial charge in [0, 0.05) is 21.9 Å². The summed E-state index contributed by atoms with van der Waals surface area (Å²) in [6.07, 6.45) is 4.48. The highest BCUT2D eigenvalue weighted by atomic mass is 16.7. The normalized spacial score (nSPS) is 15.3. The van der Waals surface area contributed by atoms with E-state index >= 15 is 0 Å². The monoisotopic (exact) mass is 428 g/mol. The molecule has 3 rings (SSSR count). The van der Waals surface area contributed by atoms with Gasteiger partial charge in [-0.15, -0.1) is 0 Å². The molecule has 1 aliphatic carbocycles. The van der Waals surface area contributed by atoms with Crippen LogP contribution in [0.1, 0.15) is 64.0 Å². The molecule has 168 valence electrons. The fraction of sp³-hybridized carbons (Fsp3) is 0.520. The first-order chi connectivity index (χ1) is 15.0. The van der Waals surface area contributed by atoms with Gasteiger partial charge >= 0.3 is 12.3 Å². The van der Waals surface area contributed by atoms with Gasteiger partial charge in [-0.05, 0) is 38.0 Å². The molecule has 6 nitrogen and oxygen atoms in total. The minimum atomic E-state index is -0.702. The number of carbonyl (C=O) groups excluding carboxylic acids is 2. The molecule has 2 aromatic carbocycles. The zero-order chi connectivity index (χ0) is 22.2. The van der Waals surface area contributed by atoms with Crippen LogP contribution in [-0.4, -0.2) is 25.5 Å². The number of ether oxygens (including phenoxy) is 4. The fourth-order valence-electron chi connectivity index (χ4n) is 3.86. The molecule has 1 aliphatic rings. The lowest BCUT2D eigenvalue weighted by molar-refractivity contribution is 0.0955. The molecule has 0 radical (unpaired) electrons. The Labute approximate surface area is 183 Å². The molecule has 31 heavy (non-hydrogen) atoms. The van der Waals surface area contributed by atoms with E-state index in [9.17, 15) is 9.59 Å². The lowest BCUT2D eigenvalue weighted by Gasteiger charge is -2.27. The maximum atomic E-state index is 12.4. The summed E-state index contributed by atoms with van der Waals surface area (Å²) >= 11 is 0. The molecule has 0 saturated carbocycles. The van der Waals surface area contributed by atoms with Crippen molar-refractivity contribution < 1.29 is 28.5 Å². The van der Waals surface area contributed by atoms with Crippen molar-refractivity contribution >= 4 is 23.1 Å². The summed E-state index contributed by atoms with van der Waals surface area (Å²) in [5.41, 5.74) is 1.81. The van der Waals surface area contributed by atoms with Gasteiger partial charge < -0.3 is 18.9 Å². The predicted octanol–water partition coefficient (Wildman–Crippen LogP) is 6.60. The molecule has 2 aromatic rings. The van der Waals surface area contributed by atoms with Crippen LogP contribution in [0.2, 0.25) is 0 Å². The highest BCUT2D eigenvalue weighted by molar-refractivity contribution is 5.98. The van der Waals surface area contributed by atoms with E-state index < -0.39 is 12.3 Å². The van der Waals surface area contributed by atoms with E-state index in [0.29, 0.717) is 30.6 Å². The summed E-state index contributed by atoms with van der Waals surface area (Å²) < 4.78 is 21.9. The third kappa shape index (κ3) is 5.69. The highest BCUT2D eigenvalue weighted by Gasteiger charge is 2.29. The Morgan fingerprint density at radius 2 is 1.39 bits per heavy atom. The van der Waals surface area contributed by atoms with Crippen molar-refractivity contribution in [2.24, 2.45) is 5.92 Å². The van der Waals surface area contributed by atoms with Gasteiger partial charge in [0.15, 0.2) is 0 Å². The fourth-order valence-corrected chi connectivity index (χ4v) is 3.86. The number of hydrogen-bond donors (Lipinski definition) is 0. The van der Waals surface area contributed by atoms with Crippen molar-refractivity contribution in [2.75, 3.05) is 13.2 Å². The van der Waals surface area contributed by atoms with Crippen LogP contribution in [0.15, 0.2) is 24.3 Å². The van der Waals surface area contributed by atoms with Crippen molar-refractivity contribution in [2.45, 2.75) is 65.7 Å². The summed E-state index contributed by atoms with van der Waals surface area (Å²) in [7, 11) is 0. The maximum Gasteiger partial charge on any atom is 0.513 e. The van der Waals surface area contributed by atoms with Crippen LogP contribution in [0.25, 0.3) is 10.8 Å². The van der Waals surface area contributed by atoms with Gasteiger partial charge in [-0.25, -0.2) is 9.59 Å². The van der Waals surface area contributed by atoms with Gasteiger partial charge in [0.05, 0.1) is 13.2 Å². The van der Waals surface area contributed by atoms with Crippen LogP contribution in [0.5, 0.6) is 11.5 Å². The predicted molar refractivity (Wildman–Crippen MR) is 119 cm³/mol. The van der Waals surface area contributed by atoms with Crippen LogP contribution in [0.3, 0.4) is 0 Å². The van der Waals surface area contributed by atoms with Gasteiger partial charge in [0.25, 0.3) is 0 Å². The van der Waals surface area contributed by atoms with Gasteiger partial charge in [0.2, 0.25) is 0 Å². The Balaban J connectivity index is 2.00. The summed E-state index contributed by atoms with van der Waals surface area (Å²) in [4.78, 5) is 24.7. The molecular formula is C25H32O6. The Morgan fingerprint density at radius 1 is 0.871 bits per heavy atom. The standard InChI is InChI=1S/C25H32O6/c1-4-6-14-28-24(26)30-22-18-10-8-9-11-19(18)23(31-25(27)29-15-7-5-2)21-16-17(3)12-13-20(21)22/h8-11,17H,4-7,12-16H2,1-3H3. The number of fused-ring (bicyclic) bond motifs is 2. The average Bonchev–Trinajstić information content (AvgIpc) is 2.76. The van der Waals surface area contributed by atoms with E-state index in [4.69, 9.17) is 18.9 Å². The summed E-state index contributed by atoms with van der Waals surface area (Å²) in [6, 6.07) is 7.49. The minimum absolute atomic E-state index is 0.330. The van der Waals surface area contributed by atoms with E-state index in [1.54, 1.807) is 0 Å². The van der Waals surface area contributed by atoms with Crippen molar-refractivity contribution in [1.82, 2.24) is 0 Å². The van der Waals surface area contributed by atoms with Gasteiger partial charge in [0.1, 0.15) is 11.5 Å². The SMILES string of the molecule is CCCCOC(=O)Oc1c2c(c(OC(=O)OCCCC)c3ccccc13)CC(C)CC2. The first-order valence-electron chi connectivity index (χ1n) is 11.3. The maximum absolute atomic E-state index is 12.4. The molecule has 0 spiro atoms. The van der Waals surface area contributed by atoms with E-state index in [0.717, 1.165) is 66.8 Å². The molecule has 0 bridgehead atoms. The number of rotatable bonds is 8. The third-order valence-electron chi connectivity index (χ3n) is 5.57. The van der Waals surface area contributed by atoms with Gasteiger partial charge in [-0.1, -0.05) is 57.9 Å². The Kier molecular flexibility index (Phi) is 8.15. The van der Waals surface area contributed by atoms with Crippen LogP contribution >= 0.6 is 0 Å². The van der Waals surface area contributed by atoms with Crippen LogP contribution in [-0.2, 0) is 22.3 Å². The topological polar surface area (TPSA) is 71.1 Å². The first kappa shape index (κ1) is 22.9. The molecule has 0 amide bonds. The average molecular weight is 429 g/mol. The summed E-state index contributed by atoms with van der Waals surface area (Å²) in [5.74, 6) is 1.44. The second-order valence-electron chi connectivity index (χ2n) is 8.12. The number of benzene rings is 2. The van der Waals surface area contributed by atoms with Crippen molar-refractivity contribution in [3.63, 3.8) is 0 Å². The molecule has 6 heteroatoms. The lowest BCUT2D eigenvalue weighted by atomic mass is 9.82. The highest BCUT2D eigenvalue weighted by Crippen LogP contribution is 2.45. The zero-order valence-electron chi connectivity index (χ0n) is 18.7. The minimum Gasteiger partial charge on any atom is -0.434 e. The molecule has 0 saturated heterocycles. The number of hydrogen-bond acceptors (Lipinski definition) is 6. The smallest absolute Gasteiger partial charge is 0.434 e. The quantitative estimate of drug-likeness (QED) is 0.268. The van der Waals surface area contributed by atoms with Crippen molar-refractivity contribution in [1.29, 1.82) is 0 Å². The molecule has 0 aromatic heterocycles. The molecule has 1 unspecified atom stereocenters. The van der Waals surface area contributed by atoms with Gasteiger partial charge in [-0.3, -0.25) is 0 Å². The molecular weight excluding hydrogens is 396 g/mol. The van der Waals surface area contributed by atoms with Crippen molar-refractivity contribution in [3.05, 3.63) is 35.4 Å². The molecule has 1 atom stereocenters. The molecule has 0 aliphatic heterocycles. The van der Waals surface area contributed by atoms with E-state index in [1.165, 1.54) is 0 Å². The van der Waals surface area contributed by atoms with Crippen molar-refractivity contribution in [3.8, 4) is 11.5 Å². The second-order valence-corrected chi connectivity index (χ2v) is 8.12. The first-order valence-corrected chi connectivity index (χ1v) is 11.3. The van der Waals surface area contributed by atoms with Gasteiger partial charge in [-0.2, -0.15) is 0 Å². The zero-order valence-corrected chi connectivity index (χ0v) is 18.7. The van der Waals surface area contributed by atoms with Crippen LogP contribution in [0, 0.1) is 5.92 Å². The lowest BCUT2D eigenvalue weighted by Crippen LogP contribution is -2.20. The number of unbranched alkanes of at least 4 members (excludes halogenated alkanes) is 2. The molecule has 0 heterocycles. The Hall–Kier alpha value is -2.76. The summed E-state index contributed by atoms with van der Waals surface area (Å²) in [5, 5.41) is 1.44. The number of carbonyl (C=O) groups is 2. The second kappa shape index (κ2) is 11.0. The van der Waals surface area contributed by atoms with Crippen LogP contribution in [0.4, 0.5) is 9.59 Å². The third-order valence-corrected chi connectivity index (χ3v) is 5.57. The molecule has 0 fully saturated rings. The van der Waals surface area contributed by atoms with E-state index in [1.807, 2.05) is 38.1 Å².